The summed E-state index contributed by atoms with van der Waals surface area (Å²) in [5, 5.41) is 3.41. The molecule has 2 rings (SSSR count). The van der Waals surface area contributed by atoms with Crippen molar-refractivity contribution in [2.24, 2.45) is 5.92 Å². The lowest BCUT2D eigenvalue weighted by Gasteiger charge is -2.34. The first-order valence-corrected chi connectivity index (χ1v) is 8.38. The van der Waals surface area contributed by atoms with E-state index in [0.717, 1.165) is 32.0 Å². The van der Waals surface area contributed by atoms with Crippen molar-refractivity contribution < 1.29 is 4.79 Å². The van der Waals surface area contributed by atoms with Gasteiger partial charge < -0.3 is 10.2 Å². The van der Waals surface area contributed by atoms with Crippen LogP contribution in [0.1, 0.15) is 46.0 Å². The molecule has 2 heterocycles. The minimum Gasteiger partial charge on any atom is -0.343 e. The van der Waals surface area contributed by atoms with Gasteiger partial charge in [-0.1, -0.05) is 20.3 Å². The van der Waals surface area contributed by atoms with Crippen LogP contribution in [-0.4, -0.2) is 61.0 Å². The van der Waals surface area contributed by atoms with Crippen molar-refractivity contribution in [1.29, 1.82) is 0 Å². The maximum absolute atomic E-state index is 12.6. The molecule has 0 bridgehead atoms. The van der Waals surface area contributed by atoms with Crippen LogP contribution in [0.25, 0.3) is 0 Å². The van der Waals surface area contributed by atoms with E-state index in [1.807, 2.05) is 11.9 Å². The number of piperidine rings is 1. The Morgan fingerprint density at radius 1 is 1.35 bits per heavy atom. The molecular formula is C16H31N3O. The third-order valence-corrected chi connectivity index (χ3v) is 5.15. The first-order chi connectivity index (χ1) is 9.65. The normalized spacial score (nSPS) is 31.4. The molecule has 2 aliphatic rings. The van der Waals surface area contributed by atoms with Gasteiger partial charge in [-0.05, 0) is 51.2 Å². The number of rotatable bonds is 5. The van der Waals surface area contributed by atoms with E-state index in [0.29, 0.717) is 11.9 Å². The molecule has 0 aliphatic carbocycles. The van der Waals surface area contributed by atoms with Gasteiger partial charge in [0.05, 0.1) is 6.04 Å². The van der Waals surface area contributed by atoms with Crippen LogP contribution >= 0.6 is 0 Å². The Labute approximate surface area is 123 Å². The lowest BCUT2D eigenvalue weighted by molar-refractivity contribution is -0.133. The highest BCUT2D eigenvalue weighted by atomic mass is 16.2. The maximum Gasteiger partial charge on any atom is 0.239 e. The standard InChI is InChI=1S/C16H31N3O/c1-4-13-8-9-17-15(11-13)16(20)18(3)12-14-7-6-10-19(14)5-2/h13-15,17H,4-12H2,1-3H3. The second-order valence-corrected chi connectivity index (χ2v) is 6.45. The van der Waals surface area contributed by atoms with E-state index in [1.54, 1.807) is 0 Å². The number of likely N-dealkylation sites (N-methyl/N-ethyl adjacent to an activating group) is 2. The van der Waals surface area contributed by atoms with Crippen molar-refractivity contribution in [2.75, 3.05) is 33.2 Å². The number of hydrogen-bond acceptors (Lipinski definition) is 3. The summed E-state index contributed by atoms with van der Waals surface area (Å²) in [6, 6.07) is 0.620. The number of nitrogens with zero attached hydrogens (tertiary/aromatic N) is 2. The van der Waals surface area contributed by atoms with Gasteiger partial charge in [-0.25, -0.2) is 0 Å². The van der Waals surface area contributed by atoms with E-state index < -0.39 is 0 Å². The van der Waals surface area contributed by atoms with E-state index in [2.05, 4.69) is 24.1 Å². The largest absolute Gasteiger partial charge is 0.343 e. The van der Waals surface area contributed by atoms with E-state index in [9.17, 15) is 4.79 Å². The topological polar surface area (TPSA) is 35.6 Å². The van der Waals surface area contributed by atoms with Gasteiger partial charge in [0.25, 0.3) is 0 Å². The molecule has 0 saturated carbocycles. The van der Waals surface area contributed by atoms with E-state index >= 15 is 0 Å². The lowest BCUT2D eigenvalue weighted by atomic mass is 9.90. The van der Waals surface area contributed by atoms with Gasteiger partial charge in [-0.3, -0.25) is 9.69 Å². The molecule has 3 unspecified atom stereocenters. The van der Waals surface area contributed by atoms with Gasteiger partial charge in [0.2, 0.25) is 5.91 Å². The molecule has 2 fully saturated rings. The third-order valence-electron chi connectivity index (χ3n) is 5.15. The molecule has 0 aromatic rings. The highest BCUT2D eigenvalue weighted by molar-refractivity contribution is 5.81. The minimum absolute atomic E-state index is 0.0511. The Kier molecular flexibility index (Phi) is 5.85. The number of hydrogen-bond donors (Lipinski definition) is 1. The quantitative estimate of drug-likeness (QED) is 0.833. The first kappa shape index (κ1) is 15.8. The molecule has 116 valence electrons. The molecule has 20 heavy (non-hydrogen) atoms. The van der Waals surface area contributed by atoms with Crippen LogP contribution in [0.5, 0.6) is 0 Å². The predicted octanol–water partition coefficient (Wildman–Crippen LogP) is 1.71. The molecule has 0 aromatic carbocycles. The van der Waals surface area contributed by atoms with Gasteiger partial charge in [-0.15, -0.1) is 0 Å². The predicted molar refractivity (Wildman–Crippen MR) is 82.7 cm³/mol. The van der Waals surface area contributed by atoms with Crippen LogP contribution in [0.2, 0.25) is 0 Å². The Hall–Kier alpha value is -0.610. The Bertz CT molecular complexity index is 321. The SMILES string of the molecule is CCC1CCNC(C(=O)N(C)CC2CCCN2CC)C1. The molecule has 3 atom stereocenters. The van der Waals surface area contributed by atoms with Gasteiger partial charge in [-0.2, -0.15) is 0 Å². The molecule has 4 heteroatoms. The highest BCUT2D eigenvalue weighted by Gasteiger charge is 2.31. The van der Waals surface area contributed by atoms with Crippen molar-refractivity contribution in [3.8, 4) is 0 Å². The zero-order valence-electron chi connectivity index (χ0n) is 13.4. The second-order valence-electron chi connectivity index (χ2n) is 6.45. The summed E-state index contributed by atoms with van der Waals surface area (Å²) in [6.45, 7) is 8.64. The van der Waals surface area contributed by atoms with Crippen LogP contribution in [0, 0.1) is 5.92 Å². The maximum atomic E-state index is 12.6. The smallest absolute Gasteiger partial charge is 0.239 e. The van der Waals surface area contributed by atoms with Crippen LogP contribution in [0.4, 0.5) is 0 Å². The van der Waals surface area contributed by atoms with E-state index in [4.69, 9.17) is 0 Å². The van der Waals surface area contributed by atoms with E-state index in [-0.39, 0.29) is 6.04 Å². The molecule has 1 amide bonds. The van der Waals surface area contributed by atoms with Gasteiger partial charge in [0.15, 0.2) is 0 Å². The summed E-state index contributed by atoms with van der Waals surface area (Å²) in [4.78, 5) is 17.1. The summed E-state index contributed by atoms with van der Waals surface area (Å²) in [5.41, 5.74) is 0. The van der Waals surface area contributed by atoms with Crippen molar-refractivity contribution in [3.63, 3.8) is 0 Å². The number of likely N-dealkylation sites (tertiary alicyclic amines) is 1. The molecule has 0 spiro atoms. The fraction of sp³-hybridized carbons (Fsp3) is 0.938. The number of nitrogens with one attached hydrogen (secondary N) is 1. The summed E-state index contributed by atoms with van der Waals surface area (Å²) < 4.78 is 0. The average molecular weight is 281 g/mol. The molecule has 0 radical (unpaired) electrons. The van der Waals surface area contributed by atoms with Crippen LogP contribution in [0.15, 0.2) is 0 Å². The van der Waals surface area contributed by atoms with E-state index in [1.165, 1.54) is 32.2 Å². The summed E-state index contributed by atoms with van der Waals surface area (Å²) in [5.74, 6) is 1.02. The van der Waals surface area contributed by atoms with Crippen molar-refractivity contribution in [2.45, 2.75) is 58.0 Å². The van der Waals surface area contributed by atoms with Gasteiger partial charge in [0, 0.05) is 19.6 Å². The summed E-state index contributed by atoms with van der Waals surface area (Å²) in [6.07, 6.45) is 5.95. The van der Waals surface area contributed by atoms with Crippen LogP contribution < -0.4 is 5.32 Å². The zero-order chi connectivity index (χ0) is 14.5. The van der Waals surface area contributed by atoms with Crippen LogP contribution in [-0.2, 0) is 4.79 Å². The number of carbonyl (C=O) groups is 1. The highest BCUT2D eigenvalue weighted by Crippen LogP contribution is 2.21. The first-order valence-electron chi connectivity index (χ1n) is 8.38. The monoisotopic (exact) mass is 281 g/mol. The number of amides is 1. The molecule has 2 saturated heterocycles. The van der Waals surface area contributed by atoms with Crippen LogP contribution in [0.3, 0.4) is 0 Å². The van der Waals surface area contributed by atoms with Gasteiger partial charge >= 0.3 is 0 Å². The average Bonchev–Trinajstić information content (AvgIpc) is 2.93. The molecule has 2 aliphatic heterocycles. The molecule has 0 aromatic heterocycles. The summed E-state index contributed by atoms with van der Waals surface area (Å²) in [7, 11) is 1.98. The molecular weight excluding hydrogens is 250 g/mol. The van der Waals surface area contributed by atoms with Crippen molar-refractivity contribution in [3.05, 3.63) is 0 Å². The fourth-order valence-electron chi connectivity index (χ4n) is 3.75. The fourth-order valence-corrected chi connectivity index (χ4v) is 3.75. The van der Waals surface area contributed by atoms with Crippen molar-refractivity contribution in [1.82, 2.24) is 15.1 Å². The number of carbonyl (C=O) groups excluding carboxylic acids is 1. The third kappa shape index (κ3) is 3.73. The Morgan fingerprint density at radius 2 is 2.15 bits per heavy atom. The minimum atomic E-state index is 0.0511. The Morgan fingerprint density at radius 3 is 2.85 bits per heavy atom. The molecule has 4 nitrogen and oxygen atoms in total. The lowest BCUT2D eigenvalue weighted by Crippen LogP contribution is -2.51. The zero-order valence-corrected chi connectivity index (χ0v) is 13.4. The van der Waals surface area contributed by atoms with Gasteiger partial charge in [0.1, 0.15) is 0 Å². The molecule has 1 N–H and O–H groups in total. The Balaban J connectivity index is 1.85. The second kappa shape index (κ2) is 7.41. The summed E-state index contributed by atoms with van der Waals surface area (Å²) >= 11 is 0. The van der Waals surface area contributed by atoms with Crippen molar-refractivity contribution >= 4 is 5.91 Å².